The van der Waals surface area contributed by atoms with Crippen LogP contribution in [0.5, 0.6) is 5.75 Å². The summed E-state index contributed by atoms with van der Waals surface area (Å²) in [5.74, 6) is 0.558. The number of para-hydroxylation sites is 2. The van der Waals surface area contributed by atoms with Gasteiger partial charge >= 0.3 is 5.69 Å². The lowest BCUT2D eigenvalue weighted by Gasteiger charge is -2.09. The maximum absolute atomic E-state index is 12.4. The van der Waals surface area contributed by atoms with Crippen LogP contribution in [0.25, 0.3) is 11.0 Å². The number of anilines is 1. The highest BCUT2D eigenvalue weighted by atomic mass is 16.6. The molecule has 8 heteroatoms. The minimum Gasteiger partial charge on any atom is -0.490 e. The third-order valence-electron chi connectivity index (χ3n) is 3.81. The molecule has 0 aliphatic carbocycles. The minimum absolute atomic E-state index is 0.0617. The van der Waals surface area contributed by atoms with Gasteiger partial charge in [0.05, 0.1) is 23.1 Å². The largest absolute Gasteiger partial charge is 0.490 e. The number of ether oxygens (including phenoxy) is 1. The fourth-order valence-corrected chi connectivity index (χ4v) is 2.65. The van der Waals surface area contributed by atoms with Crippen LogP contribution in [0.1, 0.15) is 5.82 Å². The molecule has 3 rings (SSSR count). The van der Waals surface area contributed by atoms with E-state index in [1.165, 1.54) is 19.2 Å². The molecule has 1 aromatic heterocycles. The van der Waals surface area contributed by atoms with Gasteiger partial charge in [-0.25, -0.2) is 4.98 Å². The van der Waals surface area contributed by atoms with Crippen molar-refractivity contribution >= 4 is 28.3 Å². The number of aryl methyl sites for hydroxylation is 1. The highest BCUT2D eigenvalue weighted by Crippen LogP contribution is 2.29. The van der Waals surface area contributed by atoms with Gasteiger partial charge in [-0.3, -0.25) is 14.9 Å². The van der Waals surface area contributed by atoms with Crippen molar-refractivity contribution in [2.45, 2.75) is 13.5 Å². The van der Waals surface area contributed by atoms with Gasteiger partial charge in [-0.05, 0) is 31.2 Å². The molecule has 3 aromatic rings. The van der Waals surface area contributed by atoms with Crippen LogP contribution in [0.2, 0.25) is 0 Å². The molecular weight excluding hydrogens is 324 g/mol. The first-order valence-electron chi connectivity index (χ1n) is 7.53. The molecular formula is C17H16N4O4. The van der Waals surface area contributed by atoms with Gasteiger partial charge in [-0.15, -0.1) is 0 Å². The fraction of sp³-hybridized carbons (Fsp3) is 0.176. The molecule has 0 spiro atoms. The Kier molecular flexibility index (Phi) is 4.34. The Morgan fingerprint density at radius 1 is 1.32 bits per heavy atom. The zero-order valence-corrected chi connectivity index (χ0v) is 13.7. The molecule has 0 saturated carbocycles. The fourth-order valence-electron chi connectivity index (χ4n) is 2.65. The monoisotopic (exact) mass is 340 g/mol. The van der Waals surface area contributed by atoms with E-state index in [0.717, 1.165) is 16.9 Å². The van der Waals surface area contributed by atoms with Crippen molar-refractivity contribution in [1.82, 2.24) is 9.55 Å². The number of aromatic nitrogens is 2. The summed E-state index contributed by atoms with van der Waals surface area (Å²) in [6.45, 7) is 1.89. The minimum atomic E-state index is -0.554. The van der Waals surface area contributed by atoms with Crippen molar-refractivity contribution < 1.29 is 14.5 Å². The molecule has 2 aromatic carbocycles. The summed E-state index contributed by atoms with van der Waals surface area (Å²) in [5.41, 5.74) is 1.80. The molecule has 0 atom stereocenters. The Bertz CT molecular complexity index is 964. The second-order valence-electron chi connectivity index (χ2n) is 5.43. The number of carbonyl (C=O) groups excluding carboxylic acids is 1. The molecule has 1 N–H and O–H groups in total. The molecule has 0 aliphatic heterocycles. The quantitative estimate of drug-likeness (QED) is 0.569. The summed E-state index contributed by atoms with van der Waals surface area (Å²) in [5, 5.41) is 13.7. The van der Waals surface area contributed by atoms with Gasteiger partial charge in [0.1, 0.15) is 12.4 Å². The summed E-state index contributed by atoms with van der Waals surface area (Å²) in [6, 6.07) is 11.8. The van der Waals surface area contributed by atoms with Crippen LogP contribution in [0, 0.1) is 17.0 Å². The Balaban J connectivity index is 1.82. The maximum Gasteiger partial charge on any atom is 0.312 e. The number of methoxy groups -OCH3 is 1. The number of carbonyl (C=O) groups is 1. The zero-order valence-electron chi connectivity index (χ0n) is 13.7. The van der Waals surface area contributed by atoms with E-state index in [2.05, 4.69) is 10.3 Å². The standard InChI is InChI=1S/C17H16N4O4/c1-11-18-13-5-3-4-6-14(13)20(11)10-17(22)19-12-7-8-16(25-2)15(9-12)21(23)24/h3-9H,10H2,1-2H3,(H,19,22). The molecule has 25 heavy (non-hydrogen) atoms. The average molecular weight is 340 g/mol. The molecule has 0 aliphatic rings. The predicted molar refractivity (Wildman–Crippen MR) is 92.7 cm³/mol. The van der Waals surface area contributed by atoms with Gasteiger partial charge in [0, 0.05) is 11.8 Å². The topological polar surface area (TPSA) is 99.3 Å². The van der Waals surface area contributed by atoms with Crippen molar-refractivity contribution in [3.63, 3.8) is 0 Å². The second kappa shape index (κ2) is 6.60. The molecule has 1 heterocycles. The van der Waals surface area contributed by atoms with E-state index < -0.39 is 4.92 Å². The number of benzene rings is 2. The highest BCUT2D eigenvalue weighted by molar-refractivity contribution is 5.92. The number of nitrogens with one attached hydrogen (secondary N) is 1. The van der Waals surface area contributed by atoms with Gasteiger partial charge in [-0.2, -0.15) is 0 Å². The lowest BCUT2D eigenvalue weighted by atomic mass is 10.2. The summed E-state index contributed by atoms with van der Waals surface area (Å²) in [4.78, 5) is 27.3. The van der Waals surface area contributed by atoms with Gasteiger partial charge in [0.15, 0.2) is 5.75 Å². The van der Waals surface area contributed by atoms with Crippen LogP contribution >= 0.6 is 0 Å². The molecule has 8 nitrogen and oxygen atoms in total. The lowest BCUT2D eigenvalue weighted by Crippen LogP contribution is -2.19. The second-order valence-corrected chi connectivity index (χ2v) is 5.43. The average Bonchev–Trinajstić information content (AvgIpc) is 2.90. The summed E-state index contributed by atoms with van der Waals surface area (Å²) in [7, 11) is 1.35. The SMILES string of the molecule is COc1ccc(NC(=O)Cn2c(C)nc3ccccc32)cc1[N+](=O)[O-]. The molecule has 0 fully saturated rings. The van der Waals surface area contributed by atoms with Crippen LogP contribution in [-0.2, 0) is 11.3 Å². The Morgan fingerprint density at radius 2 is 2.08 bits per heavy atom. The third-order valence-corrected chi connectivity index (χ3v) is 3.81. The van der Waals surface area contributed by atoms with Crippen molar-refractivity contribution in [2.75, 3.05) is 12.4 Å². The van der Waals surface area contributed by atoms with Crippen LogP contribution in [0.15, 0.2) is 42.5 Å². The number of rotatable bonds is 5. The predicted octanol–water partition coefficient (Wildman–Crippen LogP) is 2.90. The highest BCUT2D eigenvalue weighted by Gasteiger charge is 2.17. The molecule has 0 radical (unpaired) electrons. The van der Waals surface area contributed by atoms with E-state index in [0.29, 0.717) is 5.69 Å². The van der Waals surface area contributed by atoms with Gasteiger partial charge in [-0.1, -0.05) is 12.1 Å². The first-order chi connectivity index (χ1) is 12.0. The van der Waals surface area contributed by atoms with E-state index in [9.17, 15) is 14.9 Å². The van der Waals surface area contributed by atoms with Crippen LogP contribution < -0.4 is 10.1 Å². The van der Waals surface area contributed by atoms with Crippen LogP contribution in [0.4, 0.5) is 11.4 Å². The van der Waals surface area contributed by atoms with Crippen molar-refractivity contribution in [3.8, 4) is 5.75 Å². The lowest BCUT2D eigenvalue weighted by molar-refractivity contribution is -0.385. The van der Waals surface area contributed by atoms with E-state index in [-0.39, 0.29) is 23.9 Å². The van der Waals surface area contributed by atoms with E-state index >= 15 is 0 Å². The van der Waals surface area contributed by atoms with Crippen molar-refractivity contribution in [1.29, 1.82) is 0 Å². The molecule has 0 saturated heterocycles. The van der Waals surface area contributed by atoms with E-state index in [4.69, 9.17) is 4.74 Å². The molecule has 1 amide bonds. The zero-order chi connectivity index (χ0) is 18.0. The smallest absolute Gasteiger partial charge is 0.312 e. The number of imidazole rings is 1. The number of nitro groups is 1. The number of nitro benzene ring substituents is 1. The molecule has 128 valence electrons. The van der Waals surface area contributed by atoms with Gasteiger partial charge in [0.2, 0.25) is 5.91 Å². The summed E-state index contributed by atoms with van der Waals surface area (Å²) >= 11 is 0. The van der Waals surface area contributed by atoms with Gasteiger partial charge < -0.3 is 14.6 Å². The normalized spacial score (nSPS) is 10.6. The summed E-state index contributed by atoms with van der Waals surface area (Å²) in [6.07, 6.45) is 0. The molecule has 0 bridgehead atoms. The third kappa shape index (κ3) is 3.27. The van der Waals surface area contributed by atoms with Crippen molar-refractivity contribution in [3.05, 3.63) is 58.4 Å². The van der Waals surface area contributed by atoms with E-state index in [1.807, 2.05) is 31.2 Å². The first-order valence-corrected chi connectivity index (χ1v) is 7.53. The number of hydrogen-bond donors (Lipinski definition) is 1. The van der Waals surface area contributed by atoms with Crippen LogP contribution in [-0.4, -0.2) is 27.5 Å². The number of amides is 1. The Labute approximate surface area is 143 Å². The van der Waals surface area contributed by atoms with Crippen molar-refractivity contribution in [2.24, 2.45) is 0 Å². The van der Waals surface area contributed by atoms with Crippen LogP contribution in [0.3, 0.4) is 0 Å². The Morgan fingerprint density at radius 3 is 2.80 bits per heavy atom. The summed E-state index contributed by atoms with van der Waals surface area (Å²) < 4.78 is 6.74. The number of hydrogen-bond acceptors (Lipinski definition) is 5. The number of nitrogens with zero attached hydrogens (tertiary/aromatic N) is 3. The van der Waals surface area contributed by atoms with E-state index in [1.54, 1.807) is 10.6 Å². The van der Waals surface area contributed by atoms with Gasteiger partial charge in [0.25, 0.3) is 0 Å². The first kappa shape index (κ1) is 16.4. The number of fused-ring (bicyclic) bond motifs is 1. The molecule has 0 unspecified atom stereocenters. The Hall–Kier alpha value is -3.42. The maximum atomic E-state index is 12.4.